The van der Waals surface area contributed by atoms with Crippen molar-refractivity contribution in [3.8, 4) is 11.1 Å². The average Bonchev–Trinajstić information content (AvgIpc) is 3.68. The van der Waals surface area contributed by atoms with E-state index < -0.39 is 11.6 Å². The van der Waals surface area contributed by atoms with E-state index in [4.69, 9.17) is 9.47 Å². The van der Waals surface area contributed by atoms with Gasteiger partial charge in [-0.3, -0.25) is 4.90 Å². The number of rotatable bonds is 10. The van der Waals surface area contributed by atoms with Crippen molar-refractivity contribution in [2.45, 2.75) is 31.2 Å². The third-order valence-corrected chi connectivity index (χ3v) is 9.80. The van der Waals surface area contributed by atoms with Gasteiger partial charge >= 0.3 is 5.97 Å². The van der Waals surface area contributed by atoms with Crippen LogP contribution in [0, 0.1) is 0 Å². The molecule has 0 aromatic heterocycles. The molecule has 1 aliphatic heterocycles. The van der Waals surface area contributed by atoms with Gasteiger partial charge in [-0.1, -0.05) is 170 Å². The van der Waals surface area contributed by atoms with E-state index in [1.165, 1.54) is 11.1 Å². The smallest absolute Gasteiger partial charge is 0.328 e. The molecule has 1 aliphatic carbocycles. The zero-order valence-electron chi connectivity index (χ0n) is 27.2. The summed E-state index contributed by atoms with van der Waals surface area (Å²) in [5, 5.41) is 0. The van der Waals surface area contributed by atoms with Crippen LogP contribution in [0.5, 0.6) is 0 Å². The monoisotopic (exact) mass is 639 g/mol. The molecule has 1 atom stereocenters. The van der Waals surface area contributed by atoms with Crippen molar-refractivity contribution in [1.29, 1.82) is 0 Å². The largest absolute Gasteiger partial charge is 0.492 e. The van der Waals surface area contributed by atoms with E-state index in [0.29, 0.717) is 19.6 Å². The molecule has 0 radical (unpaired) electrons. The summed E-state index contributed by atoms with van der Waals surface area (Å²) in [5.41, 5.74) is 9.00. The number of carbonyl (C=O) groups is 1. The molecular weight excluding hydrogens is 602 g/mol. The van der Waals surface area contributed by atoms with Crippen molar-refractivity contribution in [3.05, 3.63) is 215 Å². The van der Waals surface area contributed by atoms with E-state index >= 15 is 0 Å². The number of benzene rings is 6. The Morgan fingerprint density at radius 1 is 0.571 bits per heavy atom. The number of fused-ring (bicyclic) bond motifs is 3. The van der Waals surface area contributed by atoms with Gasteiger partial charge in [0.2, 0.25) is 0 Å². The van der Waals surface area contributed by atoms with E-state index in [-0.39, 0.29) is 12.6 Å². The number of carbonyl (C=O) groups excluding carboxylic acids is 1. The van der Waals surface area contributed by atoms with Gasteiger partial charge in [0, 0.05) is 5.57 Å². The molecule has 49 heavy (non-hydrogen) atoms. The Bertz CT molecular complexity index is 2050. The van der Waals surface area contributed by atoms with Crippen molar-refractivity contribution in [2.75, 3.05) is 6.54 Å². The minimum atomic E-state index is -0.787. The van der Waals surface area contributed by atoms with E-state index in [1.54, 1.807) is 0 Å². The van der Waals surface area contributed by atoms with E-state index in [1.807, 2.05) is 72.8 Å². The van der Waals surface area contributed by atoms with E-state index in [0.717, 1.165) is 44.7 Å². The summed E-state index contributed by atoms with van der Waals surface area (Å²) < 4.78 is 13.1. The van der Waals surface area contributed by atoms with Gasteiger partial charge in [0.15, 0.2) is 0 Å². The van der Waals surface area contributed by atoms with Gasteiger partial charge in [0.25, 0.3) is 0 Å². The molecule has 0 spiro atoms. The lowest BCUT2D eigenvalue weighted by Gasteiger charge is -2.44. The maximum absolute atomic E-state index is 14.9. The third kappa shape index (κ3) is 5.64. The first-order chi connectivity index (χ1) is 24.2. The van der Waals surface area contributed by atoms with Crippen LogP contribution in [-0.2, 0) is 39.4 Å². The van der Waals surface area contributed by atoms with Gasteiger partial charge in [-0.15, -0.1) is 0 Å². The van der Waals surface area contributed by atoms with Crippen molar-refractivity contribution in [1.82, 2.24) is 4.90 Å². The van der Waals surface area contributed by atoms with Crippen LogP contribution in [0.15, 0.2) is 181 Å². The number of esters is 1. The number of ether oxygens (including phenoxy) is 2. The summed E-state index contributed by atoms with van der Waals surface area (Å²) >= 11 is 0. The lowest BCUT2D eigenvalue weighted by Crippen LogP contribution is -2.53. The quantitative estimate of drug-likeness (QED) is 0.140. The van der Waals surface area contributed by atoms with Gasteiger partial charge in [-0.05, 0) is 50.9 Å². The van der Waals surface area contributed by atoms with Crippen LogP contribution in [0.25, 0.3) is 11.1 Å². The topological polar surface area (TPSA) is 38.8 Å². The summed E-state index contributed by atoms with van der Waals surface area (Å²) in [4.78, 5) is 17.2. The van der Waals surface area contributed by atoms with Crippen molar-refractivity contribution < 1.29 is 14.3 Å². The molecule has 4 nitrogen and oxygen atoms in total. The molecule has 6 aromatic rings. The highest BCUT2D eigenvalue weighted by Gasteiger charge is 2.56. The summed E-state index contributed by atoms with van der Waals surface area (Å²) in [6, 6.07) is 57.6. The molecule has 1 heterocycles. The van der Waals surface area contributed by atoms with Crippen molar-refractivity contribution in [3.63, 3.8) is 0 Å². The summed E-state index contributed by atoms with van der Waals surface area (Å²) in [6.45, 7) is 1.02. The van der Waals surface area contributed by atoms with Crippen LogP contribution in [-0.4, -0.2) is 23.5 Å². The third-order valence-electron chi connectivity index (χ3n) is 9.80. The molecule has 0 bridgehead atoms. The lowest BCUT2D eigenvalue weighted by molar-refractivity contribution is -0.150. The lowest BCUT2D eigenvalue weighted by atomic mass is 9.78. The van der Waals surface area contributed by atoms with Gasteiger partial charge in [-0.2, -0.15) is 0 Å². The molecule has 4 heteroatoms. The molecule has 240 valence electrons. The zero-order chi connectivity index (χ0) is 33.0. The van der Waals surface area contributed by atoms with Crippen LogP contribution in [0.1, 0.15) is 33.4 Å². The minimum Gasteiger partial charge on any atom is -0.492 e. The Balaban J connectivity index is 1.32. The molecule has 0 N–H and O–H groups in total. The Kier molecular flexibility index (Phi) is 8.39. The van der Waals surface area contributed by atoms with Crippen LogP contribution in [0.4, 0.5) is 0 Å². The second-order valence-corrected chi connectivity index (χ2v) is 12.7. The molecule has 6 aromatic carbocycles. The van der Waals surface area contributed by atoms with Gasteiger partial charge < -0.3 is 9.47 Å². The maximum atomic E-state index is 14.9. The summed E-state index contributed by atoms with van der Waals surface area (Å²) in [7, 11) is 0. The van der Waals surface area contributed by atoms with Gasteiger partial charge in [0.1, 0.15) is 25.0 Å². The molecular formula is C45H37NO3. The van der Waals surface area contributed by atoms with E-state index in [9.17, 15) is 4.79 Å². The minimum absolute atomic E-state index is 0.189. The summed E-state index contributed by atoms with van der Waals surface area (Å²) in [6.07, 6.45) is 0.556. The van der Waals surface area contributed by atoms with Crippen molar-refractivity contribution in [2.24, 2.45) is 0 Å². The standard InChI is InChI=1S/C45H37NO3/c47-44(49-32-35-21-9-3-10-22-35)43-39(29-33-17-5-1-6-18-33)42(48-31-34-19-7-2-8-20-34)30-46(43)45(36-23-11-4-12-24-36)40-27-15-13-25-37(40)38-26-14-16-28-41(38)45/h1-28,43H,29-32H2/t43-/m0/s1. The first-order valence-corrected chi connectivity index (χ1v) is 16.9. The Morgan fingerprint density at radius 3 is 1.61 bits per heavy atom. The maximum Gasteiger partial charge on any atom is 0.328 e. The molecule has 0 saturated carbocycles. The fraction of sp³-hybridized carbons (Fsp3) is 0.133. The SMILES string of the molecule is O=C(OCc1ccccc1)[C@@H]1C(Cc2ccccc2)=C(OCc2ccccc2)CN1C1(c2ccccc2)c2ccccc2-c2ccccc21. The predicted molar refractivity (Wildman–Crippen MR) is 193 cm³/mol. The first-order valence-electron chi connectivity index (χ1n) is 16.9. The second-order valence-electron chi connectivity index (χ2n) is 12.7. The normalized spacial score (nSPS) is 16.2. The zero-order valence-corrected chi connectivity index (χ0v) is 27.2. The van der Waals surface area contributed by atoms with E-state index in [2.05, 4.69) is 102 Å². The fourth-order valence-corrected chi connectivity index (χ4v) is 7.65. The molecule has 0 fully saturated rings. The second kappa shape index (κ2) is 13.4. The predicted octanol–water partition coefficient (Wildman–Crippen LogP) is 9.10. The van der Waals surface area contributed by atoms with Gasteiger partial charge in [0.05, 0.1) is 12.1 Å². The Morgan fingerprint density at radius 2 is 1.04 bits per heavy atom. The molecule has 0 unspecified atom stereocenters. The molecule has 0 amide bonds. The molecule has 0 saturated heterocycles. The van der Waals surface area contributed by atoms with Gasteiger partial charge in [-0.25, -0.2) is 4.79 Å². The first kappa shape index (κ1) is 30.6. The molecule has 8 rings (SSSR count). The van der Waals surface area contributed by atoms with Crippen LogP contribution in [0.3, 0.4) is 0 Å². The highest BCUT2D eigenvalue weighted by Crippen LogP contribution is 2.56. The number of hydrogen-bond donors (Lipinski definition) is 0. The Hall–Kier alpha value is -5.71. The fourth-order valence-electron chi connectivity index (χ4n) is 7.65. The van der Waals surface area contributed by atoms with Crippen molar-refractivity contribution >= 4 is 5.97 Å². The van der Waals surface area contributed by atoms with Crippen LogP contribution in [0.2, 0.25) is 0 Å². The number of nitrogens with zero attached hydrogens (tertiary/aromatic N) is 1. The van der Waals surface area contributed by atoms with Crippen LogP contribution >= 0.6 is 0 Å². The highest BCUT2D eigenvalue weighted by molar-refractivity contribution is 5.86. The van der Waals surface area contributed by atoms with Crippen LogP contribution < -0.4 is 0 Å². The number of hydrogen-bond acceptors (Lipinski definition) is 4. The Labute approximate surface area is 287 Å². The highest BCUT2D eigenvalue weighted by atomic mass is 16.5. The summed E-state index contributed by atoms with van der Waals surface area (Å²) in [5.74, 6) is 0.525. The average molecular weight is 640 g/mol. The molecule has 2 aliphatic rings.